The molecule has 0 unspecified atom stereocenters. The standard InChI is InChI=1S/C16H21N3OS/c1-3-10-19-15(13-14-8-6-5-7-9-14)17-18-16(19)21-12-11-20-4-2/h3,5-9H,1,4,10-13H2,2H3. The Kier molecular flexibility index (Phi) is 6.50. The molecule has 0 atom stereocenters. The van der Waals surface area contributed by atoms with Crippen LogP contribution >= 0.6 is 11.8 Å². The summed E-state index contributed by atoms with van der Waals surface area (Å²) in [4.78, 5) is 0. The molecule has 0 radical (unpaired) electrons. The van der Waals surface area contributed by atoms with Crippen LogP contribution in [0, 0.1) is 0 Å². The maximum absolute atomic E-state index is 5.36. The van der Waals surface area contributed by atoms with E-state index >= 15 is 0 Å². The number of benzene rings is 1. The van der Waals surface area contributed by atoms with E-state index < -0.39 is 0 Å². The molecule has 0 fully saturated rings. The Morgan fingerprint density at radius 2 is 2.10 bits per heavy atom. The van der Waals surface area contributed by atoms with Gasteiger partial charge in [0.05, 0.1) is 6.61 Å². The molecule has 0 amide bonds. The minimum absolute atomic E-state index is 0.728. The maximum Gasteiger partial charge on any atom is 0.191 e. The molecule has 5 heteroatoms. The molecule has 0 aliphatic heterocycles. The van der Waals surface area contributed by atoms with Crippen LogP contribution in [0.5, 0.6) is 0 Å². The zero-order valence-corrected chi connectivity index (χ0v) is 13.2. The second-order valence-electron chi connectivity index (χ2n) is 4.51. The van der Waals surface area contributed by atoms with Gasteiger partial charge in [-0.2, -0.15) is 0 Å². The Labute approximate surface area is 130 Å². The van der Waals surface area contributed by atoms with Crippen LogP contribution in [-0.2, 0) is 17.7 Å². The quantitative estimate of drug-likeness (QED) is 0.405. The molecule has 0 aliphatic rings. The van der Waals surface area contributed by atoms with Gasteiger partial charge in [-0.3, -0.25) is 0 Å². The Bertz CT molecular complexity index is 554. The Hall–Kier alpha value is -1.59. The average Bonchev–Trinajstić information content (AvgIpc) is 2.88. The summed E-state index contributed by atoms with van der Waals surface area (Å²) in [7, 11) is 0. The normalized spacial score (nSPS) is 10.7. The fourth-order valence-electron chi connectivity index (χ4n) is 1.98. The van der Waals surface area contributed by atoms with E-state index in [1.807, 2.05) is 31.2 Å². The zero-order chi connectivity index (χ0) is 14.9. The highest BCUT2D eigenvalue weighted by Crippen LogP contribution is 2.18. The van der Waals surface area contributed by atoms with Gasteiger partial charge in [0.25, 0.3) is 0 Å². The van der Waals surface area contributed by atoms with Crippen molar-refractivity contribution in [3.05, 3.63) is 54.4 Å². The van der Waals surface area contributed by atoms with E-state index in [4.69, 9.17) is 4.74 Å². The second-order valence-corrected chi connectivity index (χ2v) is 5.57. The van der Waals surface area contributed by atoms with Crippen molar-refractivity contribution in [3.8, 4) is 0 Å². The molecule has 0 N–H and O–H groups in total. The first-order chi connectivity index (χ1) is 10.3. The largest absolute Gasteiger partial charge is 0.381 e. The van der Waals surface area contributed by atoms with Gasteiger partial charge >= 0.3 is 0 Å². The molecule has 0 aliphatic carbocycles. The fraction of sp³-hybridized carbons (Fsp3) is 0.375. The van der Waals surface area contributed by atoms with Crippen molar-refractivity contribution in [2.75, 3.05) is 19.0 Å². The van der Waals surface area contributed by atoms with Crippen LogP contribution in [0.4, 0.5) is 0 Å². The van der Waals surface area contributed by atoms with Gasteiger partial charge in [0.2, 0.25) is 0 Å². The first kappa shape index (κ1) is 15.8. The van der Waals surface area contributed by atoms with E-state index in [0.29, 0.717) is 0 Å². The van der Waals surface area contributed by atoms with Crippen molar-refractivity contribution in [2.45, 2.75) is 25.0 Å². The Balaban J connectivity index is 2.07. The van der Waals surface area contributed by atoms with Crippen LogP contribution in [-0.4, -0.2) is 33.7 Å². The van der Waals surface area contributed by atoms with Gasteiger partial charge in [-0.1, -0.05) is 48.2 Å². The highest BCUT2D eigenvalue weighted by atomic mass is 32.2. The van der Waals surface area contributed by atoms with Crippen LogP contribution in [0.3, 0.4) is 0 Å². The van der Waals surface area contributed by atoms with Gasteiger partial charge < -0.3 is 9.30 Å². The van der Waals surface area contributed by atoms with Crippen molar-refractivity contribution >= 4 is 11.8 Å². The number of aromatic nitrogens is 3. The summed E-state index contributed by atoms with van der Waals surface area (Å²) in [5.41, 5.74) is 1.24. The number of nitrogens with zero attached hydrogens (tertiary/aromatic N) is 3. The minimum Gasteiger partial charge on any atom is -0.381 e. The fourth-order valence-corrected chi connectivity index (χ4v) is 2.80. The maximum atomic E-state index is 5.36. The van der Waals surface area contributed by atoms with Gasteiger partial charge in [-0.25, -0.2) is 0 Å². The van der Waals surface area contributed by atoms with Crippen LogP contribution in [0.25, 0.3) is 0 Å². The molecule has 4 nitrogen and oxygen atoms in total. The van der Waals surface area contributed by atoms with Crippen LogP contribution in [0.2, 0.25) is 0 Å². The van der Waals surface area contributed by atoms with Gasteiger partial charge in [-0.05, 0) is 12.5 Å². The molecule has 0 saturated heterocycles. The topological polar surface area (TPSA) is 39.9 Å². The molecule has 1 heterocycles. The lowest BCUT2D eigenvalue weighted by molar-refractivity contribution is 0.164. The molecular formula is C16H21N3OS. The Morgan fingerprint density at radius 1 is 1.29 bits per heavy atom. The van der Waals surface area contributed by atoms with E-state index in [1.54, 1.807) is 11.8 Å². The third-order valence-electron chi connectivity index (χ3n) is 2.97. The first-order valence-corrected chi connectivity index (χ1v) is 8.11. The summed E-state index contributed by atoms with van der Waals surface area (Å²) < 4.78 is 7.48. The van der Waals surface area contributed by atoms with Gasteiger partial charge in [0, 0.05) is 25.3 Å². The smallest absolute Gasteiger partial charge is 0.191 e. The predicted octanol–water partition coefficient (Wildman–Crippen LogP) is 3.18. The second kappa shape index (κ2) is 8.64. The lowest BCUT2D eigenvalue weighted by Gasteiger charge is -2.07. The Morgan fingerprint density at radius 3 is 2.81 bits per heavy atom. The summed E-state index contributed by atoms with van der Waals surface area (Å²) in [5.74, 6) is 1.86. The highest BCUT2D eigenvalue weighted by Gasteiger charge is 2.11. The molecule has 1 aromatic carbocycles. The van der Waals surface area contributed by atoms with E-state index in [1.165, 1.54) is 5.56 Å². The molecule has 0 spiro atoms. The first-order valence-electron chi connectivity index (χ1n) is 7.12. The molecule has 2 aromatic rings. The molecule has 21 heavy (non-hydrogen) atoms. The van der Waals surface area contributed by atoms with Crippen molar-refractivity contribution in [3.63, 3.8) is 0 Å². The van der Waals surface area contributed by atoms with Crippen LogP contribution in [0.15, 0.2) is 48.1 Å². The van der Waals surface area contributed by atoms with Gasteiger partial charge in [-0.15, -0.1) is 16.8 Å². The highest BCUT2D eigenvalue weighted by molar-refractivity contribution is 7.99. The molecule has 0 saturated carbocycles. The summed E-state index contributed by atoms with van der Waals surface area (Å²) in [5, 5.41) is 9.56. The van der Waals surface area contributed by atoms with Crippen LogP contribution in [0.1, 0.15) is 18.3 Å². The number of hydrogen-bond donors (Lipinski definition) is 0. The molecule has 1 aromatic heterocycles. The monoisotopic (exact) mass is 303 g/mol. The van der Waals surface area contributed by atoms with E-state index in [2.05, 4.69) is 33.5 Å². The summed E-state index contributed by atoms with van der Waals surface area (Å²) in [6, 6.07) is 10.3. The van der Waals surface area contributed by atoms with Crippen molar-refractivity contribution in [1.29, 1.82) is 0 Å². The van der Waals surface area contributed by atoms with E-state index in [0.717, 1.165) is 42.9 Å². The van der Waals surface area contributed by atoms with Crippen molar-refractivity contribution in [1.82, 2.24) is 14.8 Å². The third-order valence-corrected chi connectivity index (χ3v) is 3.90. The average molecular weight is 303 g/mol. The van der Waals surface area contributed by atoms with Gasteiger partial charge in [0.15, 0.2) is 5.16 Å². The van der Waals surface area contributed by atoms with Crippen molar-refractivity contribution in [2.24, 2.45) is 0 Å². The minimum atomic E-state index is 0.728. The molecular weight excluding hydrogens is 282 g/mol. The number of allylic oxidation sites excluding steroid dienone is 1. The summed E-state index contributed by atoms with van der Waals surface area (Å²) in [6.45, 7) is 8.04. The van der Waals surface area contributed by atoms with E-state index in [9.17, 15) is 0 Å². The third kappa shape index (κ3) is 4.72. The van der Waals surface area contributed by atoms with Crippen molar-refractivity contribution < 1.29 is 4.74 Å². The molecule has 0 bridgehead atoms. The van der Waals surface area contributed by atoms with E-state index in [-0.39, 0.29) is 0 Å². The predicted molar refractivity (Wildman–Crippen MR) is 86.7 cm³/mol. The molecule has 2 rings (SSSR count). The summed E-state index contributed by atoms with van der Waals surface area (Å²) in [6.07, 6.45) is 2.66. The van der Waals surface area contributed by atoms with Crippen LogP contribution < -0.4 is 0 Å². The summed E-state index contributed by atoms with van der Waals surface area (Å²) >= 11 is 1.67. The molecule has 112 valence electrons. The lowest BCUT2D eigenvalue weighted by atomic mass is 10.1. The lowest BCUT2D eigenvalue weighted by Crippen LogP contribution is -2.05. The van der Waals surface area contributed by atoms with Gasteiger partial charge in [0.1, 0.15) is 5.82 Å². The number of hydrogen-bond acceptors (Lipinski definition) is 4. The zero-order valence-electron chi connectivity index (χ0n) is 12.4. The SMILES string of the molecule is C=CCn1c(Cc2ccccc2)nnc1SCCOCC. The number of ether oxygens (including phenoxy) is 1. The number of rotatable bonds is 9. The number of thioether (sulfide) groups is 1.